The van der Waals surface area contributed by atoms with Crippen LogP contribution in [0.1, 0.15) is 12.5 Å². The number of phenolic OH excluding ortho intramolecular Hbond substituents is 1. The van der Waals surface area contributed by atoms with E-state index >= 15 is 0 Å². The SMILES string of the molecule is CCOc1ccc(C=Nn2c(-c3ccc4c(c3)NC(=O)CO4)csc2=NC)c(O)c1. The lowest BCUT2D eigenvalue weighted by molar-refractivity contribution is -0.118. The van der Waals surface area contributed by atoms with E-state index in [-0.39, 0.29) is 18.3 Å². The molecule has 0 radical (unpaired) electrons. The molecule has 0 saturated heterocycles. The van der Waals surface area contributed by atoms with Gasteiger partial charge in [-0.1, -0.05) is 0 Å². The minimum atomic E-state index is -0.189. The first-order chi connectivity index (χ1) is 14.6. The van der Waals surface area contributed by atoms with E-state index in [4.69, 9.17) is 9.47 Å². The molecule has 0 saturated carbocycles. The van der Waals surface area contributed by atoms with Gasteiger partial charge in [0, 0.05) is 29.6 Å². The Morgan fingerprint density at radius 3 is 2.97 bits per heavy atom. The highest BCUT2D eigenvalue weighted by Gasteiger charge is 2.17. The average molecular weight is 424 g/mol. The minimum Gasteiger partial charge on any atom is -0.507 e. The standard InChI is InChI=1S/C21H20N4O4S/c1-3-28-15-6-4-14(18(26)9-15)10-23-25-17(12-30-21(25)22-2)13-5-7-19-16(8-13)24-20(27)11-29-19/h4-10,12,26H,3,11H2,1-2H3,(H,24,27). The van der Waals surface area contributed by atoms with Gasteiger partial charge >= 0.3 is 0 Å². The summed E-state index contributed by atoms with van der Waals surface area (Å²) in [6.45, 7) is 2.42. The van der Waals surface area contributed by atoms with Crippen LogP contribution in [-0.4, -0.2) is 42.2 Å². The summed E-state index contributed by atoms with van der Waals surface area (Å²) in [4.78, 5) is 16.6. The molecule has 0 unspecified atom stereocenters. The topological polar surface area (TPSA) is 97.4 Å². The first kappa shape index (κ1) is 19.7. The summed E-state index contributed by atoms with van der Waals surface area (Å²) in [7, 11) is 1.69. The van der Waals surface area contributed by atoms with Crippen LogP contribution in [0.15, 0.2) is 51.9 Å². The monoisotopic (exact) mass is 424 g/mol. The van der Waals surface area contributed by atoms with Crippen molar-refractivity contribution < 1.29 is 19.4 Å². The third-order valence-corrected chi connectivity index (χ3v) is 5.32. The molecule has 1 aromatic heterocycles. The fraction of sp³-hybridized carbons (Fsp3) is 0.190. The molecule has 0 fully saturated rings. The molecule has 0 aliphatic carbocycles. The van der Waals surface area contributed by atoms with Gasteiger partial charge in [-0.15, -0.1) is 11.3 Å². The molecule has 30 heavy (non-hydrogen) atoms. The highest BCUT2D eigenvalue weighted by molar-refractivity contribution is 7.07. The first-order valence-corrected chi connectivity index (χ1v) is 10.2. The number of anilines is 1. The Bertz CT molecular complexity index is 1200. The Labute approximate surface area is 176 Å². The van der Waals surface area contributed by atoms with Crippen molar-refractivity contribution >= 4 is 29.1 Å². The van der Waals surface area contributed by atoms with Crippen molar-refractivity contribution in [1.82, 2.24) is 4.68 Å². The lowest BCUT2D eigenvalue weighted by atomic mass is 10.1. The molecule has 1 aliphatic heterocycles. The number of hydrogen-bond acceptors (Lipinski definition) is 7. The van der Waals surface area contributed by atoms with Gasteiger partial charge in [0.2, 0.25) is 4.80 Å². The number of benzene rings is 2. The number of aromatic nitrogens is 1. The van der Waals surface area contributed by atoms with Gasteiger partial charge in [0.15, 0.2) is 6.61 Å². The van der Waals surface area contributed by atoms with Crippen LogP contribution in [-0.2, 0) is 4.79 Å². The van der Waals surface area contributed by atoms with E-state index in [0.717, 1.165) is 11.3 Å². The van der Waals surface area contributed by atoms with Crippen LogP contribution in [0.5, 0.6) is 17.2 Å². The number of carbonyl (C=O) groups is 1. The van der Waals surface area contributed by atoms with Crippen LogP contribution in [0.25, 0.3) is 11.3 Å². The largest absolute Gasteiger partial charge is 0.507 e. The van der Waals surface area contributed by atoms with Crippen LogP contribution in [0.4, 0.5) is 5.69 Å². The van der Waals surface area contributed by atoms with Crippen LogP contribution in [0, 0.1) is 0 Å². The molecule has 8 nitrogen and oxygen atoms in total. The maximum atomic E-state index is 11.6. The Hall–Kier alpha value is -3.59. The van der Waals surface area contributed by atoms with Crippen LogP contribution in [0.2, 0.25) is 0 Å². The first-order valence-electron chi connectivity index (χ1n) is 9.29. The summed E-state index contributed by atoms with van der Waals surface area (Å²) >= 11 is 1.44. The predicted molar refractivity (Wildman–Crippen MR) is 116 cm³/mol. The average Bonchev–Trinajstić information content (AvgIpc) is 3.15. The zero-order chi connectivity index (χ0) is 21.1. The summed E-state index contributed by atoms with van der Waals surface area (Å²) < 4.78 is 12.5. The third kappa shape index (κ3) is 3.92. The summed E-state index contributed by atoms with van der Waals surface area (Å²) in [5.74, 6) is 1.11. The van der Waals surface area contributed by atoms with Crippen molar-refractivity contribution in [2.45, 2.75) is 6.92 Å². The fourth-order valence-electron chi connectivity index (χ4n) is 3.01. The number of carbonyl (C=O) groups excluding carboxylic acids is 1. The van der Waals surface area contributed by atoms with E-state index in [1.165, 1.54) is 11.3 Å². The lowest BCUT2D eigenvalue weighted by Crippen LogP contribution is -2.25. The zero-order valence-electron chi connectivity index (χ0n) is 16.5. The highest BCUT2D eigenvalue weighted by atomic mass is 32.1. The molecule has 3 aromatic rings. The molecule has 2 heterocycles. The maximum absolute atomic E-state index is 11.6. The number of amides is 1. The maximum Gasteiger partial charge on any atom is 0.262 e. The molecule has 2 aromatic carbocycles. The van der Waals surface area contributed by atoms with Crippen LogP contribution in [0.3, 0.4) is 0 Å². The number of rotatable bonds is 5. The van der Waals surface area contributed by atoms with Gasteiger partial charge < -0.3 is 19.9 Å². The van der Waals surface area contributed by atoms with E-state index in [1.54, 1.807) is 36.1 Å². The van der Waals surface area contributed by atoms with Gasteiger partial charge in [-0.3, -0.25) is 9.79 Å². The number of thiazole rings is 1. The second-order valence-corrected chi connectivity index (χ2v) is 7.22. The van der Waals surface area contributed by atoms with Crippen molar-refractivity contribution in [3.8, 4) is 28.5 Å². The second kappa shape index (κ2) is 8.42. The molecular weight excluding hydrogens is 404 g/mol. The second-order valence-electron chi connectivity index (χ2n) is 6.38. The molecule has 0 atom stereocenters. The number of nitrogens with zero attached hydrogens (tertiary/aromatic N) is 3. The summed E-state index contributed by atoms with van der Waals surface area (Å²) in [5.41, 5.74) is 2.81. The molecule has 4 rings (SSSR count). The van der Waals surface area contributed by atoms with Crippen molar-refractivity contribution in [2.75, 3.05) is 25.6 Å². The molecule has 0 spiro atoms. The van der Waals surface area contributed by atoms with Crippen molar-refractivity contribution in [2.24, 2.45) is 10.1 Å². The molecule has 154 valence electrons. The number of ether oxygens (including phenoxy) is 2. The van der Waals surface area contributed by atoms with Crippen molar-refractivity contribution in [1.29, 1.82) is 0 Å². The Balaban J connectivity index is 1.71. The van der Waals surface area contributed by atoms with Gasteiger partial charge in [0.25, 0.3) is 5.91 Å². The van der Waals surface area contributed by atoms with Crippen molar-refractivity contribution in [3.63, 3.8) is 0 Å². The van der Waals surface area contributed by atoms with Gasteiger partial charge in [-0.05, 0) is 37.3 Å². The molecule has 1 amide bonds. The molecular formula is C21H20N4O4S. The molecule has 0 bridgehead atoms. The summed E-state index contributed by atoms with van der Waals surface area (Å²) in [6.07, 6.45) is 1.57. The summed E-state index contributed by atoms with van der Waals surface area (Å²) in [5, 5.41) is 19.5. The number of fused-ring (bicyclic) bond motifs is 1. The van der Waals surface area contributed by atoms with Gasteiger partial charge in [0.05, 0.1) is 24.2 Å². The Morgan fingerprint density at radius 2 is 2.20 bits per heavy atom. The van der Waals surface area contributed by atoms with E-state index in [1.807, 2.05) is 30.5 Å². The van der Waals surface area contributed by atoms with Gasteiger partial charge in [-0.2, -0.15) is 5.10 Å². The molecule has 2 N–H and O–H groups in total. The minimum absolute atomic E-state index is 0.0134. The normalized spacial score (nSPS) is 13.8. The van der Waals surface area contributed by atoms with E-state index in [2.05, 4.69) is 15.4 Å². The third-order valence-electron chi connectivity index (χ3n) is 4.41. The number of phenols is 1. The van der Waals surface area contributed by atoms with Crippen LogP contribution < -0.4 is 19.6 Å². The molecule has 1 aliphatic rings. The van der Waals surface area contributed by atoms with E-state index in [9.17, 15) is 9.90 Å². The van der Waals surface area contributed by atoms with Crippen molar-refractivity contribution in [3.05, 3.63) is 52.1 Å². The zero-order valence-corrected chi connectivity index (χ0v) is 17.3. The smallest absolute Gasteiger partial charge is 0.262 e. The van der Waals surface area contributed by atoms with E-state index in [0.29, 0.717) is 34.2 Å². The molecule has 9 heteroatoms. The van der Waals surface area contributed by atoms with Gasteiger partial charge in [-0.25, -0.2) is 4.68 Å². The van der Waals surface area contributed by atoms with Gasteiger partial charge in [0.1, 0.15) is 17.2 Å². The number of aromatic hydroxyl groups is 1. The van der Waals surface area contributed by atoms with Crippen LogP contribution >= 0.6 is 11.3 Å². The fourth-order valence-corrected chi connectivity index (χ4v) is 3.82. The Morgan fingerprint density at radius 1 is 1.33 bits per heavy atom. The Kier molecular flexibility index (Phi) is 5.53. The summed E-state index contributed by atoms with van der Waals surface area (Å²) in [6, 6.07) is 10.6. The lowest BCUT2D eigenvalue weighted by Gasteiger charge is -2.18. The number of nitrogens with one attached hydrogen (secondary N) is 1. The highest BCUT2D eigenvalue weighted by Crippen LogP contribution is 2.33. The quantitative estimate of drug-likeness (QED) is 0.615. The number of hydrogen-bond donors (Lipinski definition) is 2. The predicted octanol–water partition coefficient (Wildman–Crippen LogP) is 3.06. The van der Waals surface area contributed by atoms with E-state index < -0.39 is 0 Å².